The van der Waals surface area contributed by atoms with E-state index in [4.69, 9.17) is 16.3 Å². The van der Waals surface area contributed by atoms with Crippen molar-refractivity contribution < 1.29 is 9.53 Å². The fraction of sp³-hybridized carbons (Fsp3) is 0.391. The minimum Gasteiger partial charge on any atom is -0.480 e. The van der Waals surface area contributed by atoms with Crippen molar-refractivity contribution in [2.24, 2.45) is 7.05 Å². The van der Waals surface area contributed by atoms with E-state index in [2.05, 4.69) is 25.5 Å². The lowest BCUT2D eigenvalue weighted by atomic mass is 10.2. The Balaban J connectivity index is 1.62. The van der Waals surface area contributed by atoms with Gasteiger partial charge in [0.05, 0.1) is 11.7 Å². The van der Waals surface area contributed by atoms with Crippen molar-refractivity contribution >= 4 is 45.7 Å². The first-order valence-corrected chi connectivity index (χ1v) is 11.4. The highest BCUT2D eigenvalue weighted by Crippen LogP contribution is 2.27. The van der Waals surface area contributed by atoms with Gasteiger partial charge in [0.2, 0.25) is 5.95 Å². The van der Waals surface area contributed by atoms with Crippen molar-refractivity contribution in [2.45, 2.75) is 19.8 Å². The van der Waals surface area contributed by atoms with Crippen LogP contribution < -0.4 is 25.8 Å². The molecular weight excluding hydrogens is 444 g/mol. The van der Waals surface area contributed by atoms with Crippen LogP contribution in [-0.4, -0.2) is 53.1 Å². The molecule has 1 aromatic carbocycles. The van der Waals surface area contributed by atoms with Crippen molar-refractivity contribution in [3.05, 3.63) is 45.8 Å². The van der Waals surface area contributed by atoms with Gasteiger partial charge in [-0.05, 0) is 37.2 Å². The van der Waals surface area contributed by atoms with Crippen molar-refractivity contribution in [3.63, 3.8) is 0 Å². The number of halogens is 1. The third kappa shape index (κ3) is 5.26. The number of fused-ring (bicyclic) bond motifs is 1. The number of anilines is 3. The first-order valence-electron chi connectivity index (χ1n) is 11.0. The van der Waals surface area contributed by atoms with Crippen LogP contribution in [0.4, 0.5) is 17.5 Å². The molecule has 3 aromatic rings. The van der Waals surface area contributed by atoms with Crippen LogP contribution in [0.1, 0.15) is 19.8 Å². The predicted octanol–water partition coefficient (Wildman–Crippen LogP) is 2.88. The number of rotatable bonds is 7. The summed E-state index contributed by atoms with van der Waals surface area (Å²) in [4.78, 5) is 35.4. The van der Waals surface area contributed by atoms with Crippen LogP contribution in [0.15, 0.2) is 35.3 Å². The second-order valence-electron chi connectivity index (χ2n) is 7.91. The zero-order valence-electron chi connectivity index (χ0n) is 18.7. The highest BCUT2D eigenvalue weighted by atomic mass is 35.5. The number of carbonyl (C=O) groups excluding carboxylic acids is 1. The molecule has 1 saturated heterocycles. The van der Waals surface area contributed by atoms with E-state index in [9.17, 15) is 9.59 Å². The van der Waals surface area contributed by atoms with E-state index in [1.165, 1.54) is 4.57 Å². The van der Waals surface area contributed by atoms with Crippen molar-refractivity contribution in [3.8, 4) is 5.75 Å². The lowest BCUT2D eigenvalue weighted by Crippen LogP contribution is -2.29. The Morgan fingerprint density at radius 3 is 2.94 bits per heavy atom. The number of Topliss-reactive ketones (excluding diaryl/α,β-unsaturated/α-hetero) is 1. The maximum atomic E-state index is 12.6. The zero-order chi connectivity index (χ0) is 23.4. The maximum Gasteiger partial charge on any atom is 0.293 e. The number of aryl methyl sites for hydroxylation is 1. The molecule has 0 amide bonds. The number of ketones is 1. The molecule has 0 aliphatic carbocycles. The lowest BCUT2D eigenvalue weighted by molar-refractivity contribution is -0.120. The fourth-order valence-electron chi connectivity index (χ4n) is 3.68. The summed E-state index contributed by atoms with van der Waals surface area (Å²) < 4.78 is 7.00. The zero-order valence-corrected chi connectivity index (χ0v) is 19.5. The van der Waals surface area contributed by atoms with Gasteiger partial charge in [0.15, 0.2) is 17.4 Å². The van der Waals surface area contributed by atoms with Gasteiger partial charge in [-0.3, -0.25) is 9.59 Å². The highest BCUT2D eigenvalue weighted by Gasteiger charge is 2.15. The Hall–Kier alpha value is -3.17. The van der Waals surface area contributed by atoms with E-state index in [-0.39, 0.29) is 23.7 Å². The van der Waals surface area contributed by atoms with E-state index < -0.39 is 0 Å². The van der Waals surface area contributed by atoms with Gasteiger partial charge in [0.1, 0.15) is 11.6 Å². The number of carbonyl (C=O) groups is 1. The summed E-state index contributed by atoms with van der Waals surface area (Å²) in [5.74, 6) is 1.21. The Morgan fingerprint density at radius 2 is 2.12 bits per heavy atom. The minimum absolute atomic E-state index is 0.0676. The second-order valence-corrected chi connectivity index (χ2v) is 8.32. The van der Waals surface area contributed by atoms with Crippen molar-refractivity contribution in [1.82, 2.24) is 19.9 Å². The van der Waals surface area contributed by atoms with Gasteiger partial charge in [-0.1, -0.05) is 18.5 Å². The Bertz CT molecular complexity index is 1220. The van der Waals surface area contributed by atoms with Gasteiger partial charge in [-0.2, -0.15) is 4.98 Å². The van der Waals surface area contributed by atoms with E-state index in [0.29, 0.717) is 23.2 Å². The molecule has 0 bridgehead atoms. The molecule has 3 heterocycles. The van der Waals surface area contributed by atoms with Crippen LogP contribution in [0.25, 0.3) is 10.9 Å². The molecule has 33 heavy (non-hydrogen) atoms. The predicted molar refractivity (Wildman–Crippen MR) is 130 cm³/mol. The van der Waals surface area contributed by atoms with E-state index >= 15 is 0 Å². The molecule has 1 fully saturated rings. The number of aromatic nitrogens is 3. The number of nitrogens with one attached hydrogen (secondary N) is 2. The molecule has 10 heteroatoms. The molecule has 4 rings (SSSR count). The van der Waals surface area contributed by atoms with E-state index in [1.54, 1.807) is 26.2 Å². The molecule has 0 unspecified atom stereocenters. The second kappa shape index (κ2) is 10.2. The average Bonchev–Trinajstić information content (AvgIpc) is 3.11. The third-order valence-corrected chi connectivity index (χ3v) is 5.87. The summed E-state index contributed by atoms with van der Waals surface area (Å²) in [6, 6.07) is 7.24. The summed E-state index contributed by atoms with van der Waals surface area (Å²) >= 11 is 6.38. The quantitative estimate of drug-likeness (QED) is 0.543. The van der Waals surface area contributed by atoms with Gasteiger partial charge in [-0.25, -0.2) is 4.98 Å². The largest absolute Gasteiger partial charge is 0.480 e. The number of hydrogen-bond donors (Lipinski definition) is 2. The maximum absolute atomic E-state index is 12.6. The topological polar surface area (TPSA) is 101 Å². The molecule has 174 valence electrons. The summed E-state index contributed by atoms with van der Waals surface area (Å²) in [6.07, 6.45) is 2.98. The van der Waals surface area contributed by atoms with Crippen LogP contribution in [0.2, 0.25) is 5.02 Å². The Morgan fingerprint density at radius 1 is 1.27 bits per heavy atom. The number of nitrogens with zero attached hydrogens (tertiary/aromatic N) is 4. The van der Waals surface area contributed by atoms with E-state index in [0.717, 1.165) is 49.2 Å². The van der Waals surface area contributed by atoms with Gasteiger partial charge >= 0.3 is 0 Å². The standard InChI is InChI=1S/C23H27ClN6O3/c1-3-17(31)14-33-20-12-15-11-16(5-6-19(15)29(2)22(20)32)27-21-18(24)13-26-23(28-21)30-9-4-7-25-8-10-30/h5-6,11-13,25H,3-4,7-10,14H2,1-2H3,(H,26,27,28). The molecule has 1 aliphatic heterocycles. The summed E-state index contributed by atoms with van der Waals surface area (Å²) in [7, 11) is 1.68. The van der Waals surface area contributed by atoms with E-state index in [1.807, 2.05) is 18.2 Å². The monoisotopic (exact) mass is 470 g/mol. The number of ether oxygens (including phenoxy) is 1. The Labute approximate surface area is 196 Å². The minimum atomic E-state index is -0.289. The Kier molecular flexibility index (Phi) is 7.10. The molecule has 2 N–H and O–H groups in total. The van der Waals surface area contributed by atoms with Crippen molar-refractivity contribution in [1.29, 1.82) is 0 Å². The average molecular weight is 471 g/mol. The van der Waals surface area contributed by atoms with Gasteiger partial charge < -0.3 is 24.8 Å². The van der Waals surface area contributed by atoms with Crippen LogP contribution in [-0.2, 0) is 11.8 Å². The third-order valence-electron chi connectivity index (χ3n) is 5.59. The van der Waals surface area contributed by atoms with Crippen LogP contribution >= 0.6 is 11.6 Å². The molecule has 0 saturated carbocycles. The molecule has 0 atom stereocenters. The van der Waals surface area contributed by atoms with Crippen LogP contribution in [0.5, 0.6) is 5.75 Å². The van der Waals surface area contributed by atoms with Crippen LogP contribution in [0, 0.1) is 0 Å². The molecule has 0 radical (unpaired) electrons. The summed E-state index contributed by atoms with van der Waals surface area (Å²) in [5, 5.41) is 7.83. The smallest absolute Gasteiger partial charge is 0.293 e. The SMILES string of the molecule is CCC(=O)COc1cc2cc(Nc3nc(N4CCCNCC4)ncc3Cl)ccc2n(C)c1=O. The number of pyridine rings is 1. The lowest BCUT2D eigenvalue weighted by Gasteiger charge is -2.20. The molecule has 2 aromatic heterocycles. The highest BCUT2D eigenvalue weighted by molar-refractivity contribution is 6.32. The first kappa shape index (κ1) is 23.0. The van der Waals surface area contributed by atoms with Crippen LogP contribution in [0.3, 0.4) is 0 Å². The van der Waals surface area contributed by atoms with Crippen molar-refractivity contribution in [2.75, 3.05) is 43.0 Å². The first-order chi connectivity index (χ1) is 16.0. The summed E-state index contributed by atoms with van der Waals surface area (Å²) in [6.45, 7) is 5.20. The normalized spacial score (nSPS) is 14.2. The van der Waals surface area contributed by atoms with Gasteiger partial charge in [0, 0.05) is 44.2 Å². The molecular formula is C23H27ClN6O3. The van der Waals surface area contributed by atoms with Gasteiger partial charge in [0.25, 0.3) is 5.56 Å². The fourth-order valence-corrected chi connectivity index (χ4v) is 3.81. The number of benzene rings is 1. The summed E-state index contributed by atoms with van der Waals surface area (Å²) in [5.41, 5.74) is 1.20. The molecule has 9 nitrogen and oxygen atoms in total. The molecule has 1 aliphatic rings. The molecule has 0 spiro atoms. The number of hydrogen-bond acceptors (Lipinski definition) is 8. The van der Waals surface area contributed by atoms with Gasteiger partial charge in [-0.15, -0.1) is 0 Å².